The van der Waals surface area contributed by atoms with Crippen LogP contribution in [0.3, 0.4) is 0 Å². The highest BCUT2D eigenvalue weighted by molar-refractivity contribution is 5.77. The summed E-state index contributed by atoms with van der Waals surface area (Å²) in [5.41, 5.74) is 0.895. The molecule has 0 spiro atoms. The van der Waals surface area contributed by atoms with E-state index >= 15 is 0 Å². The second-order valence-electron chi connectivity index (χ2n) is 7.30. The van der Waals surface area contributed by atoms with Gasteiger partial charge in [-0.25, -0.2) is 0 Å². The fourth-order valence-corrected chi connectivity index (χ4v) is 3.21. The molecule has 0 bridgehead atoms. The molecule has 23 heavy (non-hydrogen) atoms. The molecular formula is C18H27N2O3+. The van der Waals surface area contributed by atoms with Crippen molar-refractivity contribution in [2.24, 2.45) is 0 Å². The minimum Gasteiger partial charge on any atom is -0.320 e. The molecule has 0 saturated carbocycles. The summed E-state index contributed by atoms with van der Waals surface area (Å²) in [5, 5.41) is 0. The third-order valence-electron chi connectivity index (χ3n) is 4.65. The molecule has 0 radical (unpaired) electrons. The number of carbonyl (C=O) groups excluding carboxylic acids is 1. The van der Waals surface area contributed by atoms with Crippen molar-refractivity contribution in [3.8, 4) is 0 Å². The van der Waals surface area contributed by atoms with Crippen molar-refractivity contribution in [3.05, 3.63) is 35.9 Å². The standard InChI is InChI=1S/C18H27N2O3/c1-20(2,3)17-14-22-18(23-17,15-10-6-4-7-11-15)19-13-9-5-8-12-16(19)21/h4,6-7,10-11,17H,5,8-9,12-14H2,1-3H3/q+1. The molecule has 2 aliphatic rings. The second-order valence-corrected chi connectivity index (χ2v) is 7.30. The fraction of sp³-hybridized carbons (Fsp3) is 0.611. The van der Waals surface area contributed by atoms with Crippen molar-refractivity contribution < 1.29 is 18.8 Å². The normalized spacial score (nSPS) is 29.6. The van der Waals surface area contributed by atoms with Crippen LogP contribution in [0.1, 0.15) is 31.2 Å². The molecule has 2 unspecified atom stereocenters. The van der Waals surface area contributed by atoms with Gasteiger partial charge in [-0.05, 0) is 12.8 Å². The zero-order valence-corrected chi connectivity index (χ0v) is 14.3. The number of likely N-dealkylation sites (N-methyl/N-ethyl adjacent to an activating group) is 1. The minimum atomic E-state index is -1.08. The van der Waals surface area contributed by atoms with Crippen LogP contribution in [0, 0.1) is 0 Å². The molecule has 2 aliphatic heterocycles. The summed E-state index contributed by atoms with van der Waals surface area (Å²) < 4.78 is 13.3. The first-order valence-electron chi connectivity index (χ1n) is 8.42. The zero-order chi connectivity index (χ0) is 16.5. The van der Waals surface area contributed by atoms with Gasteiger partial charge in [0.1, 0.15) is 6.61 Å². The van der Waals surface area contributed by atoms with Crippen LogP contribution in [0.2, 0.25) is 0 Å². The Morgan fingerprint density at radius 2 is 1.87 bits per heavy atom. The Labute approximate surface area is 138 Å². The molecule has 1 amide bonds. The van der Waals surface area contributed by atoms with Crippen LogP contribution >= 0.6 is 0 Å². The summed E-state index contributed by atoms with van der Waals surface area (Å²) in [7, 11) is 6.25. The summed E-state index contributed by atoms with van der Waals surface area (Å²) in [5.74, 6) is -0.966. The number of hydrogen-bond acceptors (Lipinski definition) is 3. The molecule has 1 aromatic rings. The van der Waals surface area contributed by atoms with E-state index in [0.717, 1.165) is 24.8 Å². The minimum absolute atomic E-state index is 0.105. The largest absolute Gasteiger partial charge is 0.320 e. The molecule has 2 heterocycles. The molecule has 0 aliphatic carbocycles. The SMILES string of the molecule is C[N+](C)(C)C1COC(c2ccccc2)(N2CCCCCC2=O)O1. The summed E-state index contributed by atoms with van der Waals surface area (Å²) in [6, 6.07) is 9.86. The number of nitrogens with zero attached hydrogens (tertiary/aromatic N) is 2. The monoisotopic (exact) mass is 319 g/mol. The fourth-order valence-electron chi connectivity index (χ4n) is 3.21. The third-order valence-corrected chi connectivity index (χ3v) is 4.65. The molecule has 0 aromatic heterocycles. The van der Waals surface area contributed by atoms with Crippen molar-refractivity contribution in [1.82, 2.24) is 4.90 Å². The first-order valence-corrected chi connectivity index (χ1v) is 8.42. The van der Waals surface area contributed by atoms with Gasteiger partial charge in [-0.1, -0.05) is 36.8 Å². The molecule has 1 aromatic carbocycles. The highest BCUT2D eigenvalue weighted by atomic mass is 16.8. The lowest BCUT2D eigenvalue weighted by molar-refractivity contribution is -0.917. The van der Waals surface area contributed by atoms with Gasteiger partial charge < -0.3 is 9.22 Å². The molecule has 3 rings (SSSR count). The molecular weight excluding hydrogens is 292 g/mol. The van der Waals surface area contributed by atoms with E-state index in [1.165, 1.54) is 0 Å². The van der Waals surface area contributed by atoms with Crippen molar-refractivity contribution in [2.75, 3.05) is 34.3 Å². The number of rotatable bonds is 3. The maximum atomic E-state index is 12.7. The van der Waals surface area contributed by atoms with Crippen molar-refractivity contribution >= 4 is 5.91 Å². The Morgan fingerprint density at radius 3 is 2.52 bits per heavy atom. The van der Waals surface area contributed by atoms with Crippen LogP contribution in [0.15, 0.2) is 30.3 Å². The topological polar surface area (TPSA) is 38.8 Å². The van der Waals surface area contributed by atoms with E-state index in [2.05, 4.69) is 21.1 Å². The van der Waals surface area contributed by atoms with Crippen LogP contribution < -0.4 is 0 Å². The Hall–Kier alpha value is -1.43. The van der Waals surface area contributed by atoms with Crippen LogP contribution in [-0.4, -0.2) is 55.8 Å². The van der Waals surface area contributed by atoms with E-state index in [1.54, 1.807) is 0 Å². The number of amides is 1. The van der Waals surface area contributed by atoms with E-state index < -0.39 is 5.91 Å². The predicted molar refractivity (Wildman–Crippen MR) is 87.2 cm³/mol. The molecule has 2 saturated heterocycles. The number of ether oxygens (including phenoxy) is 2. The van der Waals surface area contributed by atoms with Crippen LogP contribution in [0.25, 0.3) is 0 Å². The summed E-state index contributed by atoms with van der Waals surface area (Å²) in [6.45, 7) is 1.15. The Bertz CT molecular complexity index is 555. The maximum absolute atomic E-state index is 12.7. The quantitative estimate of drug-likeness (QED) is 0.802. The van der Waals surface area contributed by atoms with Gasteiger partial charge in [0.2, 0.25) is 12.1 Å². The maximum Gasteiger partial charge on any atom is 0.287 e. The van der Waals surface area contributed by atoms with Crippen molar-refractivity contribution in [3.63, 3.8) is 0 Å². The first kappa shape index (κ1) is 16.4. The van der Waals surface area contributed by atoms with Gasteiger partial charge in [0, 0.05) is 18.5 Å². The van der Waals surface area contributed by atoms with Crippen molar-refractivity contribution in [2.45, 2.75) is 37.8 Å². The second kappa shape index (κ2) is 6.23. The van der Waals surface area contributed by atoms with E-state index in [1.807, 2.05) is 35.2 Å². The number of hydrogen-bond donors (Lipinski definition) is 0. The first-order chi connectivity index (χ1) is 10.9. The highest BCUT2D eigenvalue weighted by Gasteiger charge is 2.53. The zero-order valence-electron chi connectivity index (χ0n) is 14.3. The summed E-state index contributed by atoms with van der Waals surface area (Å²) in [6.07, 6.45) is 3.47. The van der Waals surface area contributed by atoms with E-state index in [-0.39, 0.29) is 12.1 Å². The van der Waals surface area contributed by atoms with Gasteiger partial charge in [-0.15, -0.1) is 0 Å². The molecule has 5 nitrogen and oxygen atoms in total. The van der Waals surface area contributed by atoms with Crippen LogP contribution in [-0.2, 0) is 20.2 Å². The lowest BCUT2D eigenvalue weighted by Crippen LogP contribution is -2.53. The van der Waals surface area contributed by atoms with Gasteiger partial charge in [0.25, 0.3) is 5.91 Å². The number of benzene rings is 1. The van der Waals surface area contributed by atoms with Gasteiger partial charge in [-0.3, -0.25) is 14.4 Å². The van der Waals surface area contributed by atoms with Gasteiger partial charge in [0.15, 0.2) is 0 Å². The third kappa shape index (κ3) is 3.13. The van der Waals surface area contributed by atoms with E-state index in [4.69, 9.17) is 9.47 Å². The average Bonchev–Trinajstić information content (AvgIpc) is 2.87. The summed E-state index contributed by atoms with van der Waals surface area (Å²) in [4.78, 5) is 14.5. The lowest BCUT2D eigenvalue weighted by Gasteiger charge is -2.39. The summed E-state index contributed by atoms with van der Waals surface area (Å²) >= 11 is 0. The average molecular weight is 319 g/mol. The smallest absolute Gasteiger partial charge is 0.287 e. The van der Waals surface area contributed by atoms with Gasteiger partial charge in [0.05, 0.1) is 21.1 Å². The molecule has 2 fully saturated rings. The van der Waals surface area contributed by atoms with Crippen LogP contribution in [0.5, 0.6) is 0 Å². The predicted octanol–water partition coefficient (Wildman–Crippen LogP) is 2.28. The molecule has 5 heteroatoms. The molecule has 126 valence electrons. The molecule has 2 atom stereocenters. The lowest BCUT2D eigenvalue weighted by atomic mass is 10.1. The Kier molecular flexibility index (Phi) is 4.45. The van der Waals surface area contributed by atoms with Gasteiger partial charge in [-0.2, -0.15) is 0 Å². The van der Waals surface area contributed by atoms with E-state index in [0.29, 0.717) is 24.1 Å². The van der Waals surface area contributed by atoms with Crippen LogP contribution in [0.4, 0.5) is 0 Å². The number of likely N-dealkylation sites (tertiary alicyclic amines) is 1. The van der Waals surface area contributed by atoms with E-state index in [9.17, 15) is 4.79 Å². The van der Waals surface area contributed by atoms with Crippen molar-refractivity contribution in [1.29, 1.82) is 0 Å². The number of quaternary nitrogens is 1. The Balaban J connectivity index is 2.00. The Morgan fingerprint density at radius 1 is 1.13 bits per heavy atom. The number of carbonyl (C=O) groups is 1. The highest BCUT2D eigenvalue weighted by Crippen LogP contribution is 2.40. The molecule has 0 N–H and O–H groups in total. The van der Waals surface area contributed by atoms with Gasteiger partial charge >= 0.3 is 0 Å².